The summed E-state index contributed by atoms with van der Waals surface area (Å²) in [5, 5.41) is 8.77. The molecule has 0 N–H and O–H groups in total. The van der Waals surface area contributed by atoms with Crippen molar-refractivity contribution in [2.75, 3.05) is 0 Å². The minimum Gasteiger partial charge on any atom is -0.193 e. The number of allylic oxidation sites excluding steroid dienone is 1. The molecule has 1 aromatic carbocycles. The monoisotopic (exact) mass is 219 g/mol. The van der Waals surface area contributed by atoms with Crippen molar-refractivity contribution in [2.45, 2.75) is 6.42 Å². The van der Waals surface area contributed by atoms with Gasteiger partial charge in [-0.05, 0) is 27.1 Å². The fourth-order valence-corrected chi connectivity index (χ4v) is 2.02. The lowest BCUT2D eigenvalue weighted by Gasteiger charge is -1.95. The molecule has 2 heteroatoms. The van der Waals surface area contributed by atoms with Gasteiger partial charge in [-0.1, -0.05) is 24.3 Å². The van der Waals surface area contributed by atoms with E-state index in [0.717, 1.165) is 22.0 Å². The van der Waals surface area contributed by atoms with E-state index in [1.807, 2.05) is 18.2 Å². The van der Waals surface area contributed by atoms with E-state index in [1.54, 1.807) is 0 Å². The van der Waals surface area contributed by atoms with E-state index in [-0.39, 0.29) is 0 Å². The van der Waals surface area contributed by atoms with Crippen LogP contribution in [0.2, 0.25) is 0 Å². The second-order valence-electron chi connectivity index (χ2n) is 2.74. The van der Waals surface area contributed by atoms with E-state index in [4.69, 9.17) is 5.26 Å². The first-order valence-corrected chi connectivity index (χ1v) is 4.49. The summed E-state index contributed by atoms with van der Waals surface area (Å²) in [5.74, 6) is 0. The maximum Gasteiger partial charge on any atom is 0.0962 e. The Morgan fingerprint density at radius 3 is 2.75 bits per heavy atom. The average Bonchev–Trinajstić information content (AvgIpc) is 2.44. The first-order chi connectivity index (χ1) is 5.83. The van der Waals surface area contributed by atoms with Gasteiger partial charge < -0.3 is 0 Å². The molecule has 1 aromatic rings. The molecule has 0 atom stereocenters. The zero-order chi connectivity index (χ0) is 8.55. The number of nitriles is 1. The highest BCUT2D eigenvalue weighted by Gasteiger charge is 2.18. The van der Waals surface area contributed by atoms with Crippen LogP contribution in [0.3, 0.4) is 0 Å². The Bertz CT molecular complexity index is 399. The molecule has 0 saturated heterocycles. The van der Waals surface area contributed by atoms with E-state index in [9.17, 15) is 0 Å². The smallest absolute Gasteiger partial charge is 0.0962 e. The number of nitrogens with zero attached hydrogens (tertiary/aromatic N) is 1. The molecule has 0 radical (unpaired) electrons. The molecule has 0 aromatic heterocycles. The normalized spacial score (nSPS) is 14.3. The standard InChI is InChI=1S/C10H6BrN/c11-10-8(6-12)5-7-3-1-2-4-9(7)10/h1-4H,5H2. The molecular weight excluding hydrogens is 214 g/mol. The Morgan fingerprint density at radius 2 is 2.08 bits per heavy atom. The Hall–Kier alpha value is -1.07. The molecule has 0 bridgehead atoms. The minimum atomic E-state index is 0.771. The highest BCUT2D eigenvalue weighted by Crippen LogP contribution is 2.36. The van der Waals surface area contributed by atoms with E-state index in [0.29, 0.717) is 0 Å². The zero-order valence-electron chi connectivity index (χ0n) is 6.34. The molecule has 1 aliphatic rings. The summed E-state index contributed by atoms with van der Waals surface area (Å²) in [6.45, 7) is 0. The quantitative estimate of drug-likeness (QED) is 0.659. The lowest BCUT2D eigenvalue weighted by atomic mass is 10.1. The van der Waals surface area contributed by atoms with Crippen molar-refractivity contribution in [2.24, 2.45) is 0 Å². The summed E-state index contributed by atoms with van der Waals surface area (Å²) >= 11 is 3.42. The molecule has 2 rings (SSSR count). The second-order valence-corrected chi connectivity index (χ2v) is 3.53. The topological polar surface area (TPSA) is 23.8 Å². The fourth-order valence-electron chi connectivity index (χ4n) is 1.41. The molecule has 0 saturated carbocycles. The van der Waals surface area contributed by atoms with E-state index in [2.05, 4.69) is 28.1 Å². The van der Waals surface area contributed by atoms with Crippen LogP contribution in [0.1, 0.15) is 11.1 Å². The van der Waals surface area contributed by atoms with Crippen molar-refractivity contribution in [1.29, 1.82) is 5.26 Å². The summed E-state index contributed by atoms with van der Waals surface area (Å²) in [5.41, 5.74) is 3.23. The number of fused-ring (bicyclic) bond motifs is 1. The van der Waals surface area contributed by atoms with Gasteiger partial charge in [-0.3, -0.25) is 0 Å². The van der Waals surface area contributed by atoms with Crippen LogP contribution in [-0.4, -0.2) is 0 Å². The van der Waals surface area contributed by atoms with Crippen LogP contribution >= 0.6 is 15.9 Å². The Balaban J connectivity index is 2.59. The second kappa shape index (κ2) is 2.76. The van der Waals surface area contributed by atoms with Gasteiger partial charge in [0.2, 0.25) is 0 Å². The molecule has 0 amide bonds. The predicted molar refractivity (Wildman–Crippen MR) is 51.6 cm³/mol. The van der Waals surface area contributed by atoms with Gasteiger partial charge >= 0.3 is 0 Å². The Labute approximate surface area is 79.5 Å². The molecule has 0 aliphatic heterocycles. The molecule has 0 heterocycles. The minimum absolute atomic E-state index is 0.771. The number of halogens is 1. The number of benzene rings is 1. The van der Waals surface area contributed by atoms with E-state index < -0.39 is 0 Å². The maximum atomic E-state index is 8.77. The van der Waals surface area contributed by atoms with Crippen LogP contribution in [0.25, 0.3) is 4.48 Å². The highest BCUT2D eigenvalue weighted by molar-refractivity contribution is 9.15. The van der Waals surface area contributed by atoms with E-state index in [1.165, 1.54) is 5.56 Å². The largest absolute Gasteiger partial charge is 0.193 e. The molecule has 0 spiro atoms. The third-order valence-electron chi connectivity index (χ3n) is 2.02. The third-order valence-corrected chi connectivity index (χ3v) is 2.93. The zero-order valence-corrected chi connectivity index (χ0v) is 7.93. The predicted octanol–water partition coefficient (Wildman–Crippen LogP) is 2.87. The van der Waals surface area contributed by atoms with Gasteiger partial charge in [0, 0.05) is 16.5 Å². The lowest BCUT2D eigenvalue weighted by molar-refractivity contribution is 1.24. The molecule has 1 nitrogen and oxygen atoms in total. The number of hydrogen-bond donors (Lipinski definition) is 0. The summed E-state index contributed by atoms with van der Waals surface area (Å²) in [7, 11) is 0. The van der Waals surface area contributed by atoms with Crippen molar-refractivity contribution in [1.82, 2.24) is 0 Å². The molecule has 58 valence electrons. The maximum absolute atomic E-state index is 8.77. The fraction of sp³-hybridized carbons (Fsp3) is 0.100. The summed E-state index contributed by atoms with van der Waals surface area (Å²) in [6.07, 6.45) is 0.771. The summed E-state index contributed by atoms with van der Waals surface area (Å²) < 4.78 is 0.959. The van der Waals surface area contributed by atoms with Gasteiger partial charge in [-0.2, -0.15) is 5.26 Å². The van der Waals surface area contributed by atoms with Crippen molar-refractivity contribution >= 4 is 20.4 Å². The van der Waals surface area contributed by atoms with Crippen molar-refractivity contribution in [3.63, 3.8) is 0 Å². The van der Waals surface area contributed by atoms with Gasteiger partial charge in [-0.25, -0.2) is 0 Å². The average molecular weight is 220 g/mol. The van der Waals surface area contributed by atoms with E-state index >= 15 is 0 Å². The van der Waals surface area contributed by atoms with Crippen LogP contribution in [0.15, 0.2) is 29.8 Å². The van der Waals surface area contributed by atoms with Crippen molar-refractivity contribution in [3.05, 3.63) is 41.0 Å². The highest BCUT2D eigenvalue weighted by atomic mass is 79.9. The number of hydrogen-bond acceptors (Lipinski definition) is 1. The van der Waals surface area contributed by atoms with Gasteiger partial charge in [0.1, 0.15) is 0 Å². The third kappa shape index (κ3) is 0.981. The van der Waals surface area contributed by atoms with Crippen LogP contribution in [0.5, 0.6) is 0 Å². The molecule has 1 aliphatic carbocycles. The van der Waals surface area contributed by atoms with Crippen LogP contribution in [0.4, 0.5) is 0 Å². The Kier molecular flexibility index (Phi) is 1.74. The molecular formula is C10H6BrN. The van der Waals surface area contributed by atoms with Crippen molar-refractivity contribution < 1.29 is 0 Å². The lowest BCUT2D eigenvalue weighted by Crippen LogP contribution is -1.80. The van der Waals surface area contributed by atoms with Gasteiger partial charge in [0.05, 0.1) is 6.07 Å². The first-order valence-electron chi connectivity index (χ1n) is 3.70. The van der Waals surface area contributed by atoms with Gasteiger partial charge in [0.25, 0.3) is 0 Å². The Morgan fingerprint density at radius 1 is 1.33 bits per heavy atom. The SMILES string of the molecule is N#CC1=C(Br)c2ccccc2C1. The molecule has 0 unspecified atom stereocenters. The summed E-state index contributed by atoms with van der Waals surface area (Å²) in [4.78, 5) is 0. The van der Waals surface area contributed by atoms with Crippen molar-refractivity contribution in [3.8, 4) is 6.07 Å². The van der Waals surface area contributed by atoms with Gasteiger partial charge in [0.15, 0.2) is 0 Å². The number of rotatable bonds is 0. The van der Waals surface area contributed by atoms with Crippen LogP contribution < -0.4 is 0 Å². The van der Waals surface area contributed by atoms with Crippen LogP contribution in [0, 0.1) is 11.3 Å². The van der Waals surface area contributed by atoms with Gasteiger partial charge in [-0.15, -0.1) is 0 Å². The first kappa shape index (κ1) is 7.57. The van der Waals surface area contributed by atoms with Crippen LogP contribution in [-0.2, 0) is 6.42 Å². The summed E-state index contributed by atoms with van der Waals surface area (Å²) in [6, 6.07) is 10.3. The molecule has 12 heavy (non-hydrogen) atoms. The molecule has 0 fully saturated rings.